The highest BCUT2D eigenvalue weighted by atomic mass is 79.9. The lowest BCUT2D eigenvalue weighted by Crippen LogP contribution is -2.10. The van der Waals surface area contributed by atoms with Crippen molar-refractivity contribution in [2.24, 2.45) is 0 Å². The van der Waals surface area contributed by atoms with Crippen molar-refractivity contribution in [1.82, 2.24) is 0 Å². The van der Waals surface area contributed by atoms with E-state index in [0.717, 1.165) is 58.8 Å². The molecule has 0 amide bonds. The quantitative estimate of drug-likeness (QED) is 0.0292. The molecule has 30 heteroatoms. The summed E-state index contributed by atoms with van der Waals surface area (Å²) in [5.74, 6) is -0.733. The molecule has 0 aromatic heterocycles. The fourth-order valence-corrected chi connectivity index (χ4v) is 13.9. The van der Waals surface area contributed by atoms with Crippen molar-refractivity contribution in [2.45, 2.75) is 14.7 Å². The van der Waals surface area contributed by atoms with Crippen LogP contribution in [0, 0.1) is 0 Å². The molecule has 0 saturated carbocycles. The van der Waals surface area contributed by atoms with Crippen molar-refractivity contribution in [3.05, 3.63) is 266 Å². The zero-order valence-electron chi connectivity index (χ0n) is 54.5. The number of rotatable bonds is 14. The van der Waals surface area contributed by atoms with Crippen LogP contribution < -0.4 is 20.7 Å². The van der Waals surface area contributed by atoms with Gasteiger partial charge in [-0.15, -0.1) is 12.6 Å². The van der Waals surface area contributed by atoms with Crippen LogP contribution in [-0.2, 0) is 41.0 Å². The Hall–Kier alpha value is -9.65. The lowest BCUT2D eigenvalue weighted by atomic mass is 9.92. The number of anilines is 2. The van der Waals surface area contributed by atoms with Gasteiger partial charge in [0.1, 0.15) is 48.9 Å². The van der Waals surface area contributed by atoms with Gasteiger partial charge in [0.2, 0.25) is 10.9 Å². The summed E-state index contributed by atoms with van der Waals surface area (Å²) in [5.41, 5.74) is 7.16. The third-order valence-corrected chi connectivity index (χ3v) is 19.7. The van der Waals surface area contributed by atoms with Gasteiger partial charge in [-0.2, -0.15) is 25.3 Å². The molecule has 3 radical (unpaired) electrons. The lowest BCUT2D eigenvalue weighted by Gasteiger charge is -2.20. The highest BCUT2D eigenvalue weighted by molar-refractivity contribution is 9.10. The lowest BCUT2D eigenvalue weighted by molar-refractivity contribution is 0.474. The SMILES string of the molecule is C=Cc1ccc(/C=C/c2ccc(N(C)C)cc2)cc1.CN(C)c1ccc(/C=C/c2ccc(/C=C/c3cc(S(=O)(=O)O)c(-c4c5cc(Cl)c(=O)cc-5oc5cc(O)c(Cl)cc45)c(S(=O)(=O)O)c3)cc2)cc1.O=S(=O)=O.O=c1cc2oc3cc(O)c(Cl)cc3c(-c3ccc(Br)cc3S(=O)(=O)O)c-2cc1Cl.[B]. The summed E-state index contributed by atoms with van der Waals surface area (Å²) in [6, 6.07) is 48.2. The smallest absolute Gasteiger partial charge is 0.425 e. The van der Waals surface area contributed by atoms with E-state index in [1.807, 2.05) is 87.7 Å². The van der Waals surface area contributed by atoms with Crippen LogP contribution in [0.15, 0.2) is 220 Å². The second-order valence-corrected chi connectivity index (χ2v) is 29.9. The highest BCUT2D eigenvalue weighted by Crippen LogP contribution is 2.49. The minimum absolute atomic E-state index is 0. The molecule has 8 aromatic carbocycles. The minimum Gasteiger partial charge on any atom is -0.506 e. The maximum absolute atomic E-state index is 13.0. The van der Waals surface area contributed by atoms with E-state index in [-0.39, 0.29) is 89.5 Å². The summed E-state index contributed by atoms with van der Waals surface area (Å²) >= 11 is 27.6. The predicted octanol–water partition coefficient (Wildman–Crippen LogP) is 17.2. The molecule has 20 nitrogen and oxygen atoms in total. The molecule has 531 valence electrons. The van der Waals surface area contributed by atoms with Crippen molar-refractivity contribution in [2.75, 3.05) is 38.0 Å². The average molecular weight is 1620 g/mol. The fraction of sp³-hybridized carbons (Fsp3) is 0.0541. The summed E-state index contributed by atoms with van der Waals surface area (Å²) in [7, 11) is -10.1. The van der Waals surface area contributed by atoms with Gasteiger partial charge in [-0.1, -0.05) is 190 Å². The number of halogens is 5. The topological polar surface area (TPSA) is 322 Å². The molecule has 0 atom stereocenters. The minimum atomic E-state index is -5.21. The molecule has 4 aliphatic rings. The van der Waals surface area contributed by atoms with E-state index in [0.29, 0.717) is 26.5 Å². The standard InChI is InChI=1S/C37H27Cl2NO9S2.C19H9BrCl2O6S.C18H19N.B.O3S/c1-40(2)25-13-11-23(12-14-25)8-7-21-3-5-22(6-4-21)9-10-24-15-34(50(43,44)45)37(35(16-24)51(46,47)48)36-26-17-28(38)30(41)19-32(26)49-33-20-31(42)29(39)18-27(33)36;20-8-1-2-9(18(3-8)29(25,26)27)19-10-4-12(21)14(23)6-16(10)28-17-7-15(24)13(22)5-11(17)19;1-4-15-5-7-16(8-6-15)9-10-17-11-13-18(14-12-17)19(2)3;;1-4(2)3/h3-20,41H,1-2H3,(H,43,44,45)(H,46,47,48);1-7,23H,(H,25,26,27);4-14H,1H2,2-3H3;;/b8-7+,10-9+;;10-9+;;. The monoisotopic (exact) mass is 1620 g/mol. The van der Waals surface area contributed by atoms with Gasteiger partial charge in [-0.05, 0) is 112 Å². The Morgan fingerprint density at radius 3 is 1.09 bits per heavy atom. The summed E-state index contributed by atoms with van der Waals surface area (Å²) in [4.78, 5) is 26.4. The fourth-order valence-electron chi connectivity index (χ4n) is 10.4. The zero-order valence-corrected chi connectivity index (χ0v) is 62.4. The highest BCUT2D eigenvalue weighted by Gasteiger charge is 2.32. The molecule has 0 bridgehead atoms. The van der Waals surface area contributed by atoms with Gasteiger partial charge < -0.3 is 28.8 Å². The van der Waals surface area contributed by atoms with Crippen LogP contribution in [0.1, 0.15) is 38.9 Å². The summed E-state index contributed by atoms with van der Waals surface area (Å²) in [6.45, 7) is 3.75. The number of hydrogen-bond donors (Lipinski definition) is 5. The number of benzene rings is 10. The van der Waals surface area contributed by atoms with Gasteiger partial charge in [0.25, 0.3) is 30.4 Å². The van der Waals surface area contributed by atoms with E-state index in [9.17, 15) is 58.7 Å². The molecule has 0 fully saturated rings. The first-order chi connectivity index (χ1) is 48.5. The number of phenolic OH excluding ortho intramolecular Hbond substituents is 2. The Balaban J connectivity index is 0.000000216. The van der Waals surface area contributed by atoms with E-state index >= 15 is 0 Å². The molecular weight excluding hydrogens is 1570 g/mol. The van der Waals surface area contributed by atoms with Crippen LogP contribution in [0.25, 0.3) is 109 Å². The maximum atomic E-state index is 13.0. The second-order valence-electron chi connectivity index (χ2n) is 22.8. The van der Waals surface area contributed by atoms with Crippen LogP contribution >= 0.6 is 62.3 Å². The largest absolute Gasteiger partial charge is 0.506 e. The van der Waals surface area contributed by atoms with Crippen LogP contribution in [0.2, 0.25) is 20.1 Å². The van der Waals surface area contributed by atoms with Crippen molar-refractivity contribution >= 4 is 188 Å². The normalized spacial score (nSPS) is 11.6. The van der Waals surface area contributed by atoms with Gasteiger partial charge >= 0.3 is 10.6 Å². The molecule has 104 heavy (non-hydrogen) atoms. The number of phenols is 2. The van der Waals surface area contributed by atoms with Crippen molar-refractivity contribution in [1.29, 1.82) is 0 Å². The maximum Gasteiger partial charge on any atom is 0.425 e. The average Bonchev–Trinajstić information content (AvgIpc) is 0.740. The predicted molar refractivity (Wildman–Crippen MR) is 416 cm³/mol. The first kappa shape index (κ1) is 80.0. The van der Waals surface area contributed by atoms with E-state index in [1.165, 1.54) is 59.3 Å². The first-order valence-corrected chi connectivity index (χ1v) is 37.4. The Morgan fingerprint density at radius 2 is 0.740 bits per heavy atom. The van der Waals surface area contributed by atoms with Gasteiger partial charge in [-0.25, -0.2) is 0 Å². The van der Waals surface area contributed by atoms with E-state index < -0.39 is 72.9 Å². The molecule has 0 saturated heterocycles. The number of hydrogen-bond acceptors (Lipinski definition) is 17. The van der Waals surface area contributed by atoms with Crippen LogP contribution in [-0.4, -0.2) is 98.4 Å². The summed E-state index contributed by atoms with van der Waals surface area (Å²) in [6.07, 6.45) is 13.0. The molecule has 0 spiro atoms. The van der Waals surface area contributed by atoms with Crippen LogP contribution in [0.5, 0.6) is 11.5 Å². The van der Waals surface area contributed by atoms with Crippen molar-refractivity contribution < 1.29 is 70.6 Å². The Labute approximate surface area is 628 Å². The second kappa shape index (κ2) is 33.4. The van der Waals surface area contributed by atoms with Crippen LogP contribution in [0.4, 0.5) is 11.4 Å². The Bertz CT molecular complexity index is 5890. The van der Waals surface area contributed by atoms with Crippen molar-refractivity contribution in [3.8, 4) is 56.4 Å². The molecule has 2 heterocycles. The summed E-state index contributed by atoms with van der Waals surface area (Å²) < 4.78 is 144. The van der Waals surface area contributed by atoms with Gasteiger partial charge in [0, 0.05) is 121 Å². The van der Waals surface area contributed by atoms with Crippen LogP contribution in [0.3, 0.4) is 0 Å². The van der Waals surface area contributed by atoms with E-state index in [1.54, 1.807) is 24.3 Å². The van der Waals surface area contributed by atoms with Crippen molar-refractivity contribution in [3.63, 3.8) is 0 Å². The molecular formula is C74H55BBrCl4N2O18S4. The molecule has 2 aliphatic heterocycles. The zero-order chi connectivity index (χ0) is 75.2. The van der Waals surface area contributed by atoms with Gasteiger partial charge in [0.05, 0.1) is 20.1 Å². The molecule has 2 aliphatic carbocycles. The summed E-state index contributed by atoms with van der Waals surface area (Å²) in [5, 5.41) is 19.9. The number of fused-ring (bicyclic) bond motifs is 4. The van der Waals surface area contributed by atoms with E-state index in [4.69, 9.17) is 67.9 Å². The Kier molecular flexibility index (Phi) is 25.7. The third kappa shape index (κ3) is 19.6. The number of nitrogens with zero attached hydrogens (tertiary/aromatic N) is 2. The number of aromatic hydroxyl groups is 2. The first-order valence-electron chi connectivity index (χ1n) is 29.7. The Morgan fingerprint density at radius 1 is 0.413 bits per heavy atom. The third-order valence-electron chi connectivity index (χ3n) is 15.4. The molecule has 5 N–H and O–H groups in total. The molecule has 0 unspecified atom stereocenters. The molecule has 12 rings (SSSR count). The van der Waals surface area contributed by atoms with Gasteiger partial charge in [-0.3, -0.25) is 23.2 Å². The molecule has 8 aromatic rings. The van der Waals surface area contributed by atoms with Gasteiger partial charge in [0.15, 0.2) is 0 Å². The van der Waals surface area contributed by atoms with E-state index in [2.05, 4.69) is 88.1 Å².